The predicted molar refractivity (Wildman–Crippen MR) is 57.6 cm³/mol. The van der Waals surface area contributed by atoms with Gasteiger partial charge in [0.15, 0.2) is 0 Å². The standard InChI is InChI=1S/C11H22N2/c1-9(2)7-13(5)11-6-10(3)12(4)8-11/h9,11H,3,6-8H2,1-2,4-5H3. The smallest absolute Gasteiger partial charge is 0.0331 e. The number of likely N-dealkylation sites (N-methyl/N-ethyl adjacent to an activating group) is 2. The Morgan fingerprint density at radius 2 is 2.23 bits per heavy atom. The van der Waals surface area contributed by atoms with Gasteiger partial charge in [-0.1, -0.05) is 20.4 Å². The molecule has 76 valence electrons. The molecule has 1 aliphatic heterocycles. The molecule has 0 N–H and O–H groups in total. The van der Waals surface area contributed by atoms with Crippen molar-refractivity contribution in [2.75, 3.05) is 27.2 Å². The molecule has 0 bridgehead atoms. The van der Waals surface area contributed by atoms with Crippen LogP contribution < -0.4 is 0 Å². The van der Waals surface area contributed by atoms with Crippen molar-refractivity contribution >= 4 is 0 Å². The third-order valence-electron chi connectivity index (χ3n) is 2.77. The first kappa shape index (κ1) is 10.6. The van der Waals surface area contributed by atoms with Crippen molar-refractivity contribution < 1.29 is 0 Å². The molecule has 0 radical (unpaired) electrons. The lowest BCUT2D eigenvalue weighted by molar-refractivity contribution is 0.218. The summed E-state index contributed by atoms with van der Waals surface area (Å²) in [5.74, 6) is 0.754. The molecule has 0 spiro atoms. The quantitative estimate of drug-likeness (QED) is 0.656. The van der Waals surface area contributed by atoms with Gasteiger partial charge in [0.25, 0.3) is 0 Å². The Morgan fingerprint density at radius 1 is 1.62 bits per heavy atom. The Morgan fingerprint density at radius 3 is 2.62 bits per heavy atom. The summed E-state index contributed by atoms with van der Waals surface area (Å²) in [5.41, 5.74) is 1.28. The summed E-state index contributed by atoms with van der Waals surface area (Å²) < 4.78 is 0. The predicted octanol–water partition coefficient (Wildman–Crippen LogP) is 1.79. The van der Waals surface area contributed by atoms with Gasteiger partial charge in [0.1, 0.15) is 0 Å². The van der Waals surface area contributed by atoms with Crippen LogP contribution in [0.4, 0.5) is 0 Å². The minimum absolute atomic E-state index is 0.680. The van der Waals surface area contributed by atoms with Gasteiger partial charge in [-0.15, -0.1) is 0 Å². The molecule has 0 aromatic rings. The normalized spacial score (nSPS) is 23.7. The minimum Gasteiger partial charge on any atom is -0.377 e. The lowest BCUT2D eigenvalue weighted by atomic mass is 10.1. The first-order chi connectivity index (χ1) is 6.00. The SMILES string of the molecule is C=C1CC(N(C)CC(C)C)CN1C. The van der Waals surface area contributed by atoms with E-state index in [9.17, 15) is 0 Å². The van der Waals surface area contributed by atoms with Crippen LogP contribution in [0.15, 0.2) is 12.3 Å². The fourth-order valence-electron chi connectivity index (χ4n) is 1.96. The summed E-state index contributed by atoms with van der Waals surface area (Å²) in [6.07, 6.45) is 1.14. The van der Waals surface area contributed by atoms with Gasteiger partial charge in [-0.2, -0.15) is 0 Å². The van der Waals surface area contributed by atoms with Gasteiger partial charge in [0.05, 0.1) is 0 Å². The number of nitrogens with zero attached hydrogens (tertiary/aromatic N) is 2. The van der Waals surface area contributed by atoms with Gasteiger partial charge in [-0.25, -0.2) is 0 Å². The molecule has 13 heavy (non-hydrogen) atoms. The maximum Gasteiger partial charge on any atom is 0.0331 e. The van der Waals surface area contributed by atoms with E-state index in [2.05, 4.69) is 44.3 Å². The third-order valence-corrected chi connectivity index (χ3v) is 2.77. The Balaban J connectivity index is 2.41. The van der Waals surface area contributed by atoms with Crippen molar-refractivity contribution in [2.45, 2.75) is 26.3 Å². The first-order valence-corrected chi connectivity index (χ1v) is 5.10. The zero-order valence-electron chi connectivity index (χ0n) is 9.38. The summed E-state index contributed by atoms with van der Waals surface area (Å²) in [4.78, 5) is 4.72. The maximum absolute atomic E-state index is 4.05. The molecule has 1 saturated heterocycles. The highest BCUT2D eigenvalue weighted by atomic mass is 15.2. The van der Waals surface area contributed by atoms with Gasteiger partial charge in [0.2, 0.25) is 0 Å². The van der Waals surface area contributed by atoms with E-state index in [1.807, 2.05) is 0 Å². The van der Waals surface area contributed by atoms with Crippen LogP contribution in [0, 0.1) is 5.92 Å². The van der Waals surface area contributed by atoms with E-state index in [1.165, 1.54) is 12.2 Å². The van der Waals surface area contributed by atoms with Crippen molar-refractivity contribution in [1.82, 2.24) is 9.80 Å². The molecule has 2 nitrogen and oxygen atoms in total. The minimum atomic E-state index is 0.680. The number of rotatable bonds is 3. The maximum atomic E-state index is 4.05. The Labute approximate surface area is 82.2 Å². The second-order valence-electron chi connectivity index (χ2n) is 4.64. The van der Waals surface area contributed by atoms with Crippen molar-refractivity contribution in [2.24, 2.45) is 5.92 Å². The lowest BCUT2D eigenvalue weighted by Crippen LogP contribution is -2.36. The average molecular weight is 182 g/mol. The van der Waals surface area contributed by atoms with Crippen molar-refractivity contribution in [3.05, 3.63) is 12.3 Å². The van der Waals surface area contributed by atoms with Gasteiger partial charge in [-0.3, -0.25) is 0 Å². The van der Waals surface area contributed by atoms with Crippen LogP contribution in [0.2, 0.25) is 0 Å². The monoisotopic (exact) mass is 182 g/mol. The molecule has 1 atom stereocenters. The highest BCUT2D eigenvalue weighted by molar-refractivity contribution is 5.04. The number of hydrogen-bond acceptors (Lipinski definition) is 2. The van der Waals surface area contributed by atoms with Crippen LogP contribution in [-0.2, 0) is 0 Å². The highest BCUT2D eigenvalue weighted by Gasteiger charge is 2.25. The van der Waals surface area contributed by atoms with E-state index in [0.717, 1.165) is 18.9 Å². The summed E-state index contributed by atoms with van der Waals surface area (Å²) in [7, 11) is 4.35. The second kappa shape index (κ2) is 4.14. The van der Waals surface area contributed by atoms with E-state index in [0.29, 0.717) is 6.04 Å². The molecular weight excluding hydrogens is 160 g/mol. The van der Waals surface area contributed by atoms with Crippen molar-refractivity contribution in [3.8, 4) is 0 Å². The van der Waals surface area contributed by atoms with Gasteiger partial charge >= 0.3 is 0 Å². The molecule has 2 heteroatoms. The summed E-state index contributed by atoms with van der Waals surface area (Å²) in [6, 6.07) is 0.680. The van der Waals surface area contributed by atoms with E-state index in [-0.39, 0.29) is 0 Å². The summed E-state index contributed by atoms with van der Waals surface area (Å²) in [5, 5.41) is 0. The van der Waals surface area contributed by atoms with E-state index in [1.54, 1.807) is 0 Å². The second-order valence-corrected chi connectivity index (χ2v) is 4.64. The van der Waals surface area contributed by atoms with Gasteiger partial charge in [0, 0.05) is 38.3 Å². The third kappa shape index (κ3) is 2.73. The largest absolute Gasteiger partial charge is 0.377 e. The molecular formula is C11H22N2. The fourth-order valence-corrected chi connectivity index (χ4v) is 1.96. The van der Waals surface area contributed by atoms with Crippen LogP contribution in [-0.4, -0.2) is 43.0 Å². The van der Waals surface area contributed by atoms with Crippen molar-refractivity contribution in [1.29, 1.82) is 0 Å². The van der Waals surface area contributed by atoms with E-state index in [4.69, 9.17) is 0 Å². The Hall–Kier alpha value is -0.500. The summed E-state index contributed by atoms with van der Waals surface area (Å²) >= 11 is 0. The Kier molecular flexibility index (Phi) is 3.37. The van der Waals surface area contributed by atoms with Crippen LogP contribution in [0.5, 0.6) is 0 Å². The topological polar surface area (TPSA) is 6.48 Å². The van der Waals surface area contributed by atoms with Gasteiger partial charge in [-0.05, 0) is 13.0 Å². The first-order valence-electron chi connectivity index (χ1n) is 5.10. The van der Waals surface area contributed by atoms with E-state index < -0.39 is 0 Å². The summed E-state index contributed by atoms with van der Waals surface area (Å²) in [6.45, 7) is 10.9. The number of likely N-dealkylation sites (tertiary alicyclic amines) is 1. The van der Waals surface area contributed by atoms with Crippen molar-refractivity contribution in [3.63, 3.8) is 0 Å². The molecule has 0 aromatic heterocycles. The molecule has 1 fully saturated rings. The zero-order valence-corrected chi connectivity index (χ0v) is 9.38. The van der Waals surface area contributed by atoms with Crippen LogP contribution in [0.25, 0.3) is 0 Å². The van der Waals surface area contributed by atoms with Crippen LogP contribution >= 0.6 is 0 Å². The molecule has 1 unspecified atom stereocenters. The Bertz CT molecular complexity index is 187. The van der Waals surface area contributed by atoms with Gasteiger partial charge < -0.3 is 9.80 Å². The van der Waals surface area contributed by atoms with E-state index >= 15 is 0 Å². The fraction of sp³-hybridized carbons (Fsp3) is 0.818. The zero-order chi connectivity index (χ0) is 10.0. The molecule has 1 aliphatic rings. The molecule has 0 amide bonds. The highest BCUT2D eigenvalue weighted by Crippen LogP contribution is 2.21. The van der Waals surface area contributed by atoms with Crippen LogP contribution in [0.1, 0.15) is 20.3 Å². The average Bonchev–Trinajstić information content (AvgIpc) is 2.31. The lowest BCUT2D eigenvalue weighted by Gasteiger charge is -2.25. The molecule has 0 aliphatic carbocycles. The number of hydrogen-bond donors (Lipinski definition) is 0. The molecule has 0 aromatic carbocycles. The molecule has 1 rings (SSSR count). The molecule has 1 heterocycles. The van der Waals surface area contributed by atoms with Crippen LogP contribution in [0.3, 0.4) is 0 Å². The molecule has 0 saturated carbocycles.